The number of aliphatic hydroxyl groups is 4. The average molecular weight is 511 g/mol. The van der Waals surface area contributed by atoms with Gasteiger partial charge in [0.05, 0.1) is 19.8 Å². The van der Waals surface area contributed by atoms with Crippen molar-refractivity contribution in [1.29, 1.82) is 0 Å². The molecule has 2 aliphatic heterocycles. The molecule has 6 unspecified atom stereocenters. The molecule has 0 bridgehead atoms. The van der Waals surface area contributed by atoms with Gasteiger partial charge in [0.2, 0.25) is 5.79 Å². The summed E-state index contributed by atoms with van der Waals surface area (Å²) in [5.41, 5.74) is 1.71. The number of methoxy groups -OCH3 is 2. The Morgan fingerprint density at radius 3 is 2.43 bits per heavy atom. The zero-order chi connectivity index (χ0) is 25.2. The van der Waals surface area contributed by atoms with Crippen molar-refractivity contribution in [3.05, 3.63) is 64.2 Å². The van der Waals surface area contributed by atoms with Crippen LogP contribution in [0.25, 0.3) is 0 Å². The minimum absolute atomic E-state index is 0.0361. The topological polar surface area (TPSA) is 127 Å². The zero-order valence-corrected chi connectivity index (χ0v) is 20.3. The van der Waals surface area contributed by atoms with Crippen LogP contribution in [0.1, 0.15) is 29.2 Å². The van der Waals surface area contributed by atoms with E-state index >= 15 is 0 Å². The molecule has 35 heavy (non-hydrogen) atoms. The summed E-state index contributed by atoms with van der Waals surface area (Å²) < 4.78 is 28.4. The van der Waals surface area contributed by atoms with E-state index in [4.69, 9.17) is 35.3 Å². The van der Waals surface area contributed by atoms with Crippen LogP contribution in [0, 0.1) is 0 Å². The molecule has 2 fully saturated rings. The van der Waals surface area contributed by atoms with E-state index in [2.05, 4.69) is 0 Å². The highest BCUT2D eigenvalue weighted by Gasteiger charge is 2.55. The summed E-state index contributed by atoms with van der Waals surface area (Å²) in [4.78, 5) is 0. The minimum atomic E-state index is -1.86. The maximum Gasteiger partial charge on any atom is 0.224 e. The molecule has 0 aliphatic carbocycles. The fraction of sp³-hybridized carbons (Fsp3) is 0.520. The molecule has 2 heterocycles. The fourth-order valence-corrected chi connectivity index (χ4v) is 4.81. The lowest BCUT2D eigenvalue weighted by Crippen LogP contribution is -2.64. The third kappa shape index (κ3) is 5.06. The molecule has 10 heteroatoms. The average Bonchev–Trinajstić information content (AvgIpc) is 3.39. The summed E-state index contributed by atoms with van der Waals surface area (Å²) in [7, 11) is 2.85. The van der Waals surface area contributed by atoms with Gasteiger partial charge in [0, 0.05) is 36.8 Å². The normalized spacial score (nSPS) is 31.9. The molecule has 0 radical (unpaired) electrons. The second-order valence-corrected chi connectivity index (χ2v) is 9.07. The number of aliphatic hydroxyl groups excluding tert-OH is 4. The molecule has 0 aromatic heterocycles. The fourth-order valence-electron chi connectivity index (χ4n) is 4.59. The van der Waals surface area contributed by atoms with E-state index in [1.54, 1.807) is 25.3 Å². The Labute approximate surface area is 208 Å². The number of hydrogen-bond acceptors (Lipinski definition) is 9. The van der Waals surface area contributed by atoms with Gasteiger partial charge in [0.1, 0.15) is 42.4 Å². The minimum Gasteiger partial charge on any atom is -0.488 e. The number of benzene rings is 2. The summed E-state index contributed by atoms with van der Waals surface area (Å²) in [5.74, 6) is -1.14. The Bertz CT molecular complexity index is 979. The maximum absolute atomic E-state index is 10.8. The Morgan fingerprint density at radius 1 is 1.09 bits per heavy atom. The van der Waals surface area contributed by atoms with E-state index in [-0.39, 0.29) is 6.10 Å². The van der Waals surface area contributed by atoms with Crippen LogP contribution in [0.5, 0.6) is 5.75 Å². The Morgan fingerprint density at radius 2 is 1.83 bits per heavy atom. The van der Waals surface area contributed by atoms with Gasteiger partial charge in [-0.05, 0) is 29.8 Å². The molecular formula is C25H31ClO9. The Balaban J connectivity index is 1.65. The van der Waals surface area contributed by atoms with Gasteiger partial charge in [0.15, 0.2) is 0 Å². The lowest BCUT2D eigenvalue weighted by molar-refractivity contribution is -0.366. The standard InChI is InChI=1S/C25H31ClO9/c1-31-23(14-3-6-16(7-4-14)34-17-9-10-33-13-17)18-11-15(5-8-19(18)26)25(32-2)24(30)22(29)21(28)20(12-27)35-25/h3-8,11,17,20-24,27-30H,9-10,12-13H2,1-2H3/t17?,20?,21?,22?,23?,24?,25-/m0/s1. The van der Waals surface area contributed by atoms with Gasteiger partial charge >= 0.3 is 0 Å². The smallest absolute Gasteiger partial charge is 0.224 e. The van der Waals surface area contributed by atoms with Crippen LogP contribution in [0.15, 0.2) is 42.5 Å². The molecule has 2 aromatic rings. The van der Waals surface area contributed by atoms with Gasteiger partial charge in [-0.1, -0.05) is 29.8 Å². The maximum atomic E-state index is 10.8. The number of halogens is 1. The molecule has 0 spiro atoms. The van der Waals surface area contributed by atoms with Gasteiger partial charge in [-0.15, -0.1) is 0 Å². The first kappa shape index (κ1) is 26.3. The molecule has 4 rings (SSSR count). The van der Waals surface area contributed by atoms with Crippen molar-refractivity contribution < 1.29 is 44.1 Å². The van der Waals surface area contributed by atoms with Crippen LogP contribution < -0.4 is 4.74 Å². The Hall–Kier alpha value is -1.79. The summed E-state index contributed by atoms with van der Waals surface area (Å²) >= 11 is 6.54. The summed E-state index contributed by atoms with van der Waals surface area (Å²) in [6.45, 7) is 0.682. The molecule has 0 saturated carbocycles. The summed E-state index contributed by atoms with van der Waals surface area (Å²) in [5, 5.41) is 41.4. The third-order valence-electron chi connectivity index (χ3n) is 6.54. The second-order valence-electron chi connectivity index (χ2n) is 8.66. The van der Waals surface area contributed by atoms with Crippen LogP contribution in [0.3, 0.4) is 0 Å². The van der Waals surface area contributed by atoms with Crippen LogP contribution in [0.2, 0.25) is 5.02 Å². The first-order chi connectivity index (χ1) is 16.8. The van der Waals surface area contributed by atoms with E-state index in [9.17, 15) is 20.4 Å². The summed E-state index contributed by atoms with van der Waals surface area (Å²) in [6, 6.07) is 12.3. The van der Waals surface area contributed by atoms with E-state index in [0.717, 1.165) is 17.7 Å². The molecule has 192 valence electrons. The molecule has 2 aliphatic rings. The van der Waals surface area contributed by atoms with Crippen molar-refractivity contribution >= 4 is 11.6 Å². The highest BCUT2D eigenvalue weighted by molar-refractivity contribution is 6.31. The molecule has 4 N–H and O–H groups in total. The van der Waals surface area contributed by atoms with E-state index in [1.165, 1.54) is 7.11 Å². The number of rotatable bonds is 8. The predicted molar refractivity (Wildman–Crippen MR) is 125 cm³/mol. The molecule has 2 aromatic carbocycles. The van der Waals surface area contributed by atoms with Gasteiger partial charge < -0.3 is 44.1 Å². The van der Waals surface area contributed by atoms with Crippen molar-refractivity contribution in [3.8, 4) is 5.75 Å². The molecule has 9 nitrogen and oxygen atoms in total. The molecule has 0 amide bonds. The van der Waals surface area contributed by atoms with Crippen molar-refractivity contribution in [2.24, 2.45) is 0 Å². The highest BCUT2D eigenvalue weighted by atomic mass is 35.5. The van der Waals surface area contributed by atoms with E-state index in [1.807, 2.05) is 24.3 Å². The van der Waals surface area contributed by atoms with Crippen LogP contribution in [0.4, 0.5) is 0 Å². The van der Waals surface area contributed by atoms with Crippen molar-refractivity contribution in [1.82, 2.24) is 0 Å². The lowest BCUT2D eigenvalue weighted by Gasteiger charge is -2.47. The SMILES string of the molecule is COC(c1ccc(OC2CCOC2)cc1)c1cc([C@]2(OC)OC(CO)C(O)C(O)C2O)ccc1Cl. The van der Waals surface area contributed by atoms with Gasteiger partial charge in [-0.25, -0.2) is 0 Å². The van der Waals surface area contributed by atoms with E-state index < -0.39 is 42.9 Å². The van der Waals surface area contributed by atoms with Gasteiger partial charge in [-0.3, -0.25) is 0 Å². The Kier molecular flexibility index (Phi) is 8.32. The lowest BCUT2D eigenvalue weighted by atomic mass is 9.86. The third-order valence-corrected chi connectivity index (χ3v) is 6.89. The number of ether oxygens (including phenoxy) is 5. The highest BCUT2D eigenvalue weighted by Crippen LogP contribution is 2.42. The first-order valence-corrected chi connectivity index (χ1v) is 11.8. The summed E-state index contributed by atoms with van der Waals surface area (Å²) in [6.07, 6.45) is -5.62. The largest absolute Gasteiger partial charge is 0.488 e. The van der Waals surface area contributed by atoms with Gasteiger partial charge in [0.25, 0.3) is 0 Å². The molecule has 7 atom stereocenters. The monoisotopic (exact) mass is 510 g/mol. The van der Waals surface area contributed by atoms with Crippen LogP contribution in [-0.4, -0.2) is 85.0 Å². The van der Waals surface area contributed by atoms with E-state index in [0.29, 0.717) is 29.4 Å². The first-order valence-electron chi connectivity index (χ1n) is 11.4. The van der Waals surface area contributed by atoms with Gasteiger partial charge in [-0.2, -0.15) is 0 Å². The van der Waals surface area contributed by atoms with Crippen molar-refractivity contribution in [2.45, 2.75) is 48.8 Å². The van der Waals surface area contributed by atoms with Crippen molar-refractivity contribution in [3.63, 3.8) is 0 Å². The molecular weight excluding hydrogens is 480 g/mol. The zero-order valence-electron chi connectivity index (χ0n) is 19.5. The van der Waals surface area contributed by atoms with Crippen molar-refractivity contribution in [2.75, 3.05) is 34.0 Å². The van der Waals surface area contributed by atoms with Crippen LogP contribution >= 0.6 is 11.6 Å². The van der Waals surface area contributed by atoms with Crippen LogP contribution in [-0.2, 0) is 24.7 Å². The quantitative estimate of drug-likeness (QED) is 0.418. The predicted octanol–water partition coefficient (Wildman–Crippen LogP) is 1.52. The number of hydrogen-bond donors (Lipinski definition) is 4. The second kappa shape index (κ2) is 11.1. The molecule has 2 saturated heterocycles.